The standard InChI is InChI=1S/C10H16FN3/c1-8(14(2)7-5-11)9-4-3-6-13-10(9)12/h3-4,6,8H,5,7H2,1-2H3,(H2,12,13). The molecule has 1 rings (SSSR count). The minimum atomic E-state index is -0.346. The first-order chi connectivity index (χ1) is 6.66. The third kappa shape index (κ3) is 2.42. The molecule has 3 nitrogen and oxygen atoms in total. The number of nitrogens with two attached hydrogens (primary N) is 1. The van der Waals surface area contributed by atoms with Crippen LogP contribution in [-0.2, 0) is 0 Å². The van der Waals surface area contributed by atoms with Crippen molar-refractivity contribution in [3.63, 3.8) is 0 Å². The Hall–Kier alpha value is -1.16. The molecule has 0 radical (unpaired) electrons. The van der Waals surface area contributed by atoms with E-state index < -0.39 is 0 Å². The van der Waals surface area contributed by atoms with Crippen LogP contribution in [0.2, 0.25) is 0 Å². The molecule has 0 aliphatic heterocycles. The van der Waals surface area contributed by atoms with Gasteiger partial charge >= 0.3 is 0 Å². The molecule has 0 amide bonds. The lowest BCUT2D eigenvalue weighted by molar-refractivity contribution is 0.237. The summed E-state index contributed by atoms with van der Waals surface area (Å²) >= 11 is 0. The van der Waals surface area contributed by atoms with Gasteiger partial charge in [-0.1, -0.05) is 6.07 Å². The Balaban J connectivity index is 2.78. The Labute approximate surface area is 83.7 Å². The summed E-state index contributed by atoms with van der Waals surface area (Å²) < 4.78 is 12.1. The van der Waals surface area contributed by atoms with E-state index in [-0.39, 0.29) is 12.7 Å². The molecule has 2 N–H and O–H groups in total. The molecule has 4 heteroatoms. The topological polar surface area (TPSA) is 42.1 Å². The summed E-state index contributed by atoms with van der Waals surface area (Å²) in [4.78, 5) is 5.91. The van der Waals surface area contributed by atoms with Crippen molar-refractivity contribution in [2.45, 2.75) is 13.0 Å². The van der Waals surface area contributed by atoms with Crippen molar-refractivity contribution in [2.24, 2.45) is 0 Å². The van der Waals surface area contributed by atoms with E-state index in [2.05, 4.69) is 4.98 Å². The van der Waals surface area contributed by atoms with Gasteiger partial charge in [0.05, 0.1) is 0 Å². The van der Waals surface area contributed by atoms with Crippen LogP contribution in [0, 0.1) is 0 Å². The number of rotatable bonds is 4. The van der Waals surface area contributed by atoms with Gasteiger partial charge in [-0.25, -0.2) is 9.37 Å². The Kier molecular flexibility index (Phi) is 3.83. The SMILES string of the molecule is CC(c1cccnc1N)N(C)CCF. The Morgan fingerprint density at radius 1 is 1.64 bits per heavy atom. The van der Waals surface area contributed by atoms with E-state index in [4.69, 9.17) is 5.73 Å². The highest BCUT2D eigenvalue weighted by Crippen LogP contribution is 2.21. The van der Waals surface area contributed by atoms with Gasteiger partial charge in [0, 0.05) is 24.3 Å². The van der Waals surface area contributed by atoms with Crippen molar-refractivity contribution in [1.29, 1.82) is 0 Å². The van der Waals surface area contributed by atoms with E-state index in [9.17, 15) is 4.39 Å². The lowest BCUT2D eigenvalue weighted by atomic mass is 10.1. The van der Waals surface area contributed by atoms with Crippen molar-refractivity contribution in [1.82, 2.24) is 9.88 Å². The van der Waals surface area contributed by atoms with Crippen molar-refractivity contribution in [2.75, 3.05) is 26.0 Å². The third-order valence-electron chi connectivity index (χ3n) is 2.42. The molecular weight excluding hydrogens is 181 g/mol. The molecule has 1 atom stereocenters. The van der Waals surface area contributed by atoms with Crippen LogP contribution in [0.4, 0.5) is 10.2 Å². The Morgan fingerprint density at radius 2 is 2.36 bits per heavy atom. The zero-order valence-electron chi connectivity index (χ0n) is 8.57. The molecule has 0 aromatic carbocycles. The summed E-state index contributed by atoms with van der Waals surface area (Å²) in [7, 11) is 1.87. The summed E-state index contributed by atoms with van der Waals surface area (Å²) in [5, 5.41) is 0. The number of hydrogen-bond acceptors (Lipinski definition) is 3. The molecule has 1 aromatic heterocycles. The number of aromatic nitrogens is 1. The molecule has 0 saturated carbocycles. The summed E-state index contributed by atoms with van der Waals surface area (Å²) in [6.07, 6.45) is 1.65. The van der Waals surface area contributed by atoms with E-state index in [0.29, 0.717) is 12.4 Å². The normalized spacial score (nSPS) is 13.1. The highest BCUT2D eigenvalue weighted by atomic mass is 19.1. The molecular formula is C10H16FN3. The fourth-order valence-electron chi connectivity index (χ4n) is 1.35. The maximum absolute atomic E-state index is 12.1. The average Bonchev–Trinajstić information content (AvgIpc) is 2.18. The summed E-state index contributed by atoms with van der Waals surface area (Å²) in [6, 6.07) is 3.85. The summed E-state index contributed by atoms with van der Waals surface area (Å²) in [6.45, 7) is 2.06. The van der Waals surface area contributed by atoms with Crippen molar-refractivity contribution in [3.05, 3.63) is 23.9 Å². The van der Waals surface area contributed by atoms with Crippen LogP contribution in [0.15, 0.2) is 18.3 Å². The number of hydrogen-bond donors (Lipinski definition) is 1. The quantitative estimate of drug-likeness (QED) is 0.797. The molecule has 1 aromatic rings. The van der Waals surface area contributed by atoms with Gasteiger partial charge in [-0.2, -0.15) is 0 Å². The van der Waals surface area contributed by atoms with Crippen LogP contribution in [0.1, 0.15) is 18.5 Å². The first-order valence-corrected chi connectivity index (χ1v) is 4.63. The number of halogens is 1. The van der Waals surface area contributed by atoms with Gasteiger partial charge in [0.15, 0.2) is 0 Å². The molecule has 0 aliphatic carbocycles. The van der Waals surface area contributed by atoms with Gasteiger partial charge in [0.25, 0.3) is 0 Å². The summed E-state index contributed by atoms with van der Waals surface area (Å²) in [5.41, 5.74) is 6.67. The van der Waals surface area contributed by atoms with Gasteiger partial charge in [0.1, 0.15) is 12.5 Å². The minimum Gasteiger partial charge on any atom is -0.383 e. The zero-order valence-corrected chi connectivity index (χ0v) is 8.57. The molecule has 1 heterocycles. The molecule has 0 fully saturated rings. The summed E-state index contributed by atoms with van der Waals surface area (Å²) in [5.74, 6) is 0.519. The van der Waals surface area contributed by atoms with Gasteiger partial charge in [-0.3, -0.25) is 4.90 Å². The smallest absolute Gasteiger partial charge is 0.128 e. The van der Waals surface area contributed by atoms with E-state index in [1.54, 1.807) is 6.20 Å². The van der Waals surface area contributed by atoms with Crippen LogP contribution < -0.4 is 5.73 Å². The van der Waals surface area contributed by atoms with Crippen LogP contribution in [0.5, 0.6) is 0 Å². The van der Waals surface area contributed by atoms with Gasteiger partial charge < -0.3 is 5.73 Å². The number of nitrogens with zero attached hydrogens (tertiary/aromatic N) is 2. The first kappa shape index (κ1) is 10.9. The van der Waals surface area contributed by atoms with Crippen LogP contribution >= 0.6 is 0 Å². The van der Waals surface area contributed by atoms with Gasteiger partial charge in [-0.05, 0) is 20.0 Å². The van der Waals surface area contributed by atoms with E-state index in [1.165, 1.54) is 0 Å². The average molecular weight is 197 g/mol. The Bertz CT molecular complexity index is 290. The lowest BCUT2D eigenvalue weighted by Crippen LogP contribution is -2.25. The molecule has 0 saturated heterocycles. The van der Waals surface area contributed by atoms with Crippen LogP contribution in [0.25, 0.3) is 0 Å². The van der Waals surface area contributed by atoms with Crippen LogP contribution in [-0.4, -0.2) is 30.2 Å². The third-order valence-corrected chi connectivity index (χ3v) is 2.42. The fraction of sp³-hybridized carbons (Fsp3) is 0.500. The number of pyridine rings is 1. The second-order valence-electron chi connectivity index (χ2n) is 3.32. The number of anilines is 1. The highest BCUT2D eigenvalue weighted by Gasteiger charge is 2.13. The monoisotopic (exact) mass is 197 g/mol. The Morgan fingerprint density at radius 3 is 2.93 bits per heavy atom. The van der Waals surface area contributed by atoms with Crippen molar-refractivity contribution >= 4 is 5.82 Å². The van der Waals surface area contributed by atoms with Crippen LogP contribution in [0.3, 0.4) is 0 Å². The maximum atomic E-state index is 12.1. The largest absolute Gasteiger partial charge is 0.383 e. The molecule has 0 spiro atoms. The number of alkyl halides is 1. The minimum absolute atomic E-state index is 0.0967. The lowest BCUT2D eigenvalue weighted by Gasteiger charge is -2.24. The van der Waals surface area contributed by atoms with E-state index in [1.807, 2.05) is 31.0 Å². The van der Waals surface area contributed by atoms with Gasteiger partial charge in [-0.15, -0.1) is 0 Å². The van der Waals surface area contributed by atoms with Crippen molar-refractivity contribution < 1.29 is 4.39 Å². The molecule has 14 heavy (non-hydrogen) atoms. The second kappa shape index (κ2) is 4.91. The second-order valence-corrected chi connectivity index (χ2v) is 3.32. The number of nitrogen functional groups attached to an aromatic ring is 1. The van der Waals surface area contributed by atoms with E-state index >= 15 is 0 Å². The molecule has 1 unspecified atom stereocenters. The van der Waals surface area contributed by atoms with E-state index in [0.717, 1.165) is 5.56 Å². The fourth-order valence-corrected chi connectivity index (χ4v) is 1.35. The molecule has 0 aliphatic rings. The van der Waals surface area contributed by atoms with Gasteiger partial charge in [0.2, 0.25) is 0 Å². The predicted molar refractivity (Wildman–Crippen MR) is 55.7 cm³/mol. The first-order valence-electron chi connectivity index (χ1n) is 4.63. The maximum Gasteiger partial charge on any atom is 0.128 e. The molecule has 78 valence electrons. The zero-order chi connectivity index (χ0) is 10.6. The predicted octanol–water partition coefficient (Wildman–Crippen LogP) is 1.63. The molecule has 0 bridgehead atoms. The van der Waals surface area contributed by atoms with Crippen molar-refractivity contribution in [3.8, 4) is 0 Å². The highest BCUT2D eigenvalue weighted by molar-refractivity contribution is 5.40.